The van der Waals surface area contributed by atoms with Gasteiger partial charge in [0.15, 0.2) is 5.82 Å². The zero-order chi connectivity index (χ0) is 19.2. The first-order valence-corrected chi connectivity index (χ1v) is 10.2. The maximum absolute atomic E-state index is 12.5. The van der Waals surface area contributed by atoms with E-state index in [0.717, 1.165) is 44.7 Å². The van der Waals surface area contributed by atoms with Gasteiger partial charge < -0.3 is 10.2 Å². The van der Waals surface area contributed by atoms with E-state index in [4.69, 9.17) is 0 Å². The molecule has 0 atom stereocenters. The minimum atomic E-state index is 0.0909. The number of hydrogen-bond donors (Lipinski definition) is 1. The summed E-state index contributed by atoms with van der Waals surface area (Å²) in [5.41, 5.74) is 1.51. The second-order valence-electron chi connectivity index (χ2n) is 7.48. The number of allylic oxidation sites excluding steroid dienone is 1. The quantitative estimate of drug-likeness (QED) is 0.772. The first-order chi connectivity index (χ1) is 13.8. The molecule has 8 nitrogen and oxygen atoms in total. The zero-order valence-corrected chi connectivity index (χ0v) is 16.1. The molecule has 3 heterocycles. The van der Waals surface area contributed by atoms with Crippen LogP contribution in [0.2, 0.25) is 0 Å². The molecule has 2 aliphatic rings. The van der Waals surface area contributed by atoms with Crippen molar-refractivity contribution in [1.82, 2.24) is 30.0 Å². The number of nitrogens with one attached hydrogen (secondary N) is 1. The maximum Gasteiger partial charge on any atom is 0.223 e. The van der Waals surface area contributed by atoms with E-state index >= 15 is 0 Å². The first kappa shape index (κ1) is 18.6. The van der Waals surface area contributed by atoms with Crippen LogP contribution in [0.1, 0.15) is 44.9 Å². The van der Waals surface area contributed by atoms with E-state index in [0.29, 0.717) is 5.82 Å². The molecule has 0 spiro atoms. The molecular formula is C20H27N7O. The number of amides is 1. The molecule has 1 fully saturated rings. The maximum atomic E-state index is 12.5. The van der Waals surface area contributed by atoms with Gasteiger partial charge in [0.1, 0.15) is 24.8 Å². The molecule has 0 saturated carbocycles. The fourth-order valence-corrected chi connectivity index (χ4v) is 3.96. The van der Waals surface area contributed by atoms with Gasteiger partial charge >= 0.3 is 0 Å². The Bertz CT molecular complexity index is 810. The Labute approximate surface area is 165 Å². The summed E-state index contributed by atoms with van der Waals surface area (Å²) in [5.74, 6) is 1.85. The van der Waals surface area contributed by atoms with Gasteiger partial charge in [-0.3, -0.25) is 4.79 Å². The number of aromatic nitrogens is 5. The van der Waals surface area contributed by atoms with Crippen molar-refractivity contribution in [2.45, 2.75) is 44.9 Å². The molecule has 0 unspecified atom stereocenters. The normalized spacial score (nSPS) is 18.0. The Kier molecular flexibility index (Phi) is 5.94. The van der Waals surface area contributed by atoms with E-state index in [9.17, 15) is 4.79 Å². The van der Waals surface area contributed by atoms with Gasteiger partial charge in [0.2, 0.25) is 5.91 Å². The van der Waals surface area contributed by atoms with Crippen LogP contribution in [-0.2, 0) is 4.79 Å². The summed E-state index contributed by atoms with van der Waals surface area (Å²) in [4.78, 5) is 27.3. The molecule has 28 heavy (non-hydrogen) atoms. The van der Waals surface area contributed by atoms with E-state index in [2.05, 4.69) is 36.3 Å². The van der Waals surface area contributed by atoms with Crippen LogP contribution < -0.4 is 10.2 Å². The van der Waals surface area contributed by atoms with E-state index in [1.807, 2.05) is 6.07 Å². The van der Waals surface area contributed by atoms with Crippen LogP contribution in [0.15, 0.2) is 36.7 Å². The fourth-order valence-electron chi connectivity index (χ4n) is 3.96. The molecule has 0 bridgehead atoms. The molecule has 1 saturated heterocycles. The SMILES string of the molecule is O=C(NCCC1=CCCCC1)C1CCN(c2cc(-n3cncn3)ncn2)CC1. The lowest BCUT2D eigenvalue weighted by molar-refractivity contribution is -0.125. The van der Waals surface area contributed by atoms with E-state index in [1.54, 1.807) is 17.3 Å². The molecule has 8 heteroatoms. The molecule has 148 valence electrons. The van der Waals surface area contributed by atoms with E-state index in [-0.39, 0.29) is 11.8 Å². The number of carbonyl (C=O) groups excluding carboxylic acids is 1. The van der Waals surface area contributed by atoms with Gasteiger partial charge in [-0.05, 0) is 44.9 Å². The Balaban J connectivity index is 1.26. The highest BCUT2D eigenvalue weighted by Gasteiger charge is 2.25. The van der Waals surface area contributed by atoms with Crippen molar-refractivity contribution in [3.05, 3.63) is 36.7 Å². The molecule has 1 amide bonds. The van der Waals surface area contributed by atoms with Crippen molar-refractivity contribution in [2.24, 2.45) is 5.92 Å². The Morgan fingerprint density at radius 3 is 2.75 bits per heavy atom. The minimum Gasteiger partial charge on any atom is -0.356 e. The summed E-state index contributed by atoms with van der Waals surface area (Å²) in [7, 11) is 0. The predicted molar refractivity (Wildman–Crippen MR) is 106 cm³/mol. The van der Waals surface area contributed by atoms with Crippen molar-refractivity contribution in [3.8, 4) is 5.82 Å². The third-order valence-corrected chi connectivity index (χ3v) is 5.61. The number of rotatable bonds is 6. The molecule has 0 aromatic carbocycles. The minimum absolute atomic E-state index is 0.0909. The molecule has 4 rings (SSSR count). The molecule has 1 aliphatic heterocycles. The van der Waals surface area contributed by atoms with Gasteiger partial charge in [-0.25, -0.2) is 19.6 Å². The van der Waals surface area contributed by atoms with Crippen LogP contribution >= 0.6 is 0 Å². The zero-order valence-electron chi connectivity index (χ0n) is 16.1. The summed E-state index contributed by atoms with van der Waals surface area (Å²) >= 11 is 0. The summed E-state index contributed by atoms with van der Waals surface area (Å²) in [6, 6.07) is 1.91. The van der Waals surface area contributed by atoms with Crippen LogP contribution in [-0.4, -0.2) is 50.3 Å². The van der Waals surface area contributed by atoms with Crippen molar-refractivity contribution >= 4 is 11.7 Å². The summed E-state index contributed by atoms with van der Waals surface area (Å²) in [5, 5.41) is 7.25. The average Bonchev–Trinajstić information content (AvgIpc) is 3.30. The van der Waals surface area contributed by atoms with Crippen molar-refractivity contribution < 1.29 is 4.79 Å². The monoisotopic (exact) mass is 381 g/mol. The number of hydrogen-bond acceptors (Lipinski definition) is 6. The highest BCUT2D eigenvalue weighted by molar-refractivity contribution is 5.79. The lowest BCUT2D eigenvalue weighted by Gasteiger charge is -2.32. The largest absolute Gasteiger partial charge is 0.356 e. The lowest BCUT2D eigenvalue weighted by Crippen LogP contribution is -2.41. The van der Waals surface area contributed by atoms with E-state index in [1.165, 1.54) is 37.6 Å². The molecule has 1 N–H and O–H groups in total. The van der Waals surface area contributed by atoms with Crippen LogP contribution in [0.5, 0.6) is 0 Å². The van der Waals surface area contributed by atoms with Gasteiger partial charge in [-0.1, -0.05) is 11.6 Å². The van der Waals surface area contributed by atoms with Crippen molar-refractivity contribution in [3.63, 3.8) is 0 Å². The lowest BCUT2D eigenvalue weighted by atomic mass is 9.95. The Morgan fingerprint density at radius 1 is 1.14 bits per heavy atom. The van der Waals surface area contributed by atoms with Crippen LogP contribution in [0, 0.1) is 5.92 Å². The van der Waals surface area contributed by atoms with Gasteiger partial charge in [0, 0.05) is 31.6 Å². The number of nitrogens with zero attached hydrogens (tertiary/aromatic N) is 6. The Morgan fingerprint density at radius 2 is 2.00 bits per heavy atom. The number of carbonyl (C=O) groups is 1. The molecule has 1 aliphatic carbocycles. The number of piperidine rings is 1. The fraction of sp³-hybridized carbons (Fsp3) is 0.550. The van der Waals surface area contributed by atoms with Gasteiger partial charge in [0.25, 0.3) is 0 Å². The standard InChI is InChI=1S/C20H27N7O/c28-20(22-9-6-16-4-2-1-3-5-16)17-7-10-26(11-8-17)18-12-19(24-14-23-18)27-15-21-13-25-27/h4,12-15,17H,1-3,5-11H2,(H,22,28). The second kappa shape index (κ2) is 8.95. The predicted octanol–water partition coefficient (Wildman–Crippen LogP) is 2.28. The van der Waals surface area contributed by atoms with Crippen LogP contribution in [0.3, 0.4) is 0 Å². The van der Waals surface area contributed by atoms with Crippen LogP contribution in [0.4, 0.5) is 5.82 Å². The molecule has 0 radical (unpaired) electrons. The van der Waals surface area contributed by atoms with Crippen molar-refractivity contribution in [1.29, 1.82) is 0 Å². The van der Waals surface area contributed by atoms with Gasteiger partial charge in [0.05, 0.1) is 0 Å². The van der Waals surface area contributed by atoms with Gasteiger partial charge in [-0.15, -0.1) is 0 Å². The topological polar surface area (TPSA) is 88.8 Å². The Hall–Kier alpha value is -2.77. The van der Waals surface area contributed by atoms with Crippen molar-refractivity contribution in [2.75, 3.05) is 24.5 Å². The smallest absolute Gasteiger partial charge is 0.223 e. The molecular weight excluding hydrogens is 354 g/mol. The first-order valence-electron chi connectivity index (χ1n) is 10.2. The van der Waals surface area contributed by atoms with E-state index < -0.39 is 0 Å². The molecule has 2 aromatic heterocycles. The third-order valence-electron chi connectivity index (χ3n) is 5.61. The summed E-state index contributed by atoms with van der Waals surface area (Å²) in [6.45, 7) is 2.39. The number of anilines is 1. The second-order valence-corrected chi connectivity index (χ2v) is 7.48. The third kappa shape index (κ3) is 4.55. The summed E-state index contributed by atoms with van der Waals surface area (Å²) in [6.07, 6.45) is 14.7. The molecule has 2 aromatic rings. The average molecular weight is 381 g/mol. The van der Waals surface area contributed by atoms with Gasteiger partial charge in [-0.2, -0.15) is 5.10 Å². The highest BCUT2D eigenvalue weighted by Crippen LogP contribution is 2.23. The summed E-state index contributed by atoms with van der Waals surface area (Å²) < 4.78 is 1.62. The van der Waals surface area contributed by atoms with Crippen LogP contribution in [0.25, 0.3) is 5.82 Å². The highest BCUT2D eigenvalue weighted by atomic mass is 16.1.